The first-order chi connectivity index (χ1) is 15.1. The number of amides is 1. The second kappa shape index (κ2) is 9.76. The number of nitro benzene ring substituents is 1. The molecule has 172 valence electrons. The van der Waals surface area contributed by atoms with Crippen molar-refractivity contribution in [2.24, 2.45) is 0 Å². The largest absolute Gasteiger partial charge is 0.324 e. The number of rotatable bonds is 7. The third kappa shape index (κ3) is 5.32. The van der Waals surface area contributed by atoms with Crippen LogP contribution in [0.4, 0.5) is 11.4 Å². The molecule has 2 aromatic rings. The summed E-state index contributed by atoms with van der Waals surface area (Å²) in [4.78, 5) is 25.2. The van der Waals surface area contributed by atoms with E-state index in [2.05, 4.69) is 19.2 Å². The Bertz CT molecular complexity index is 1080. The smallest absolute Gasteiger partial charge is 0.271 e. The molecule has 1 fully saturated rings. The lowest BCUT2D eigenvalue weighted by atomic mass is 10.0. The summed E-state index contributed by atoms with van der Waals surface area (Å²) < 4.78 is 27.4. The molecule has 10 heteroatoms. The van der Waals surface area contributed by atoms with E-state index in [-0.39, 0.29) is 29.6 Å². The lowest BCUT2D eigenvalue weighted by molar-refractivity contribution is -0.384. The van der Waals surface area contributed by atoms with E-state index in [1.807, 2.05) is 17.0 Å². The second-order valence-electron chi connectivity index (χ2n) is 8.14. The minimum atomic E-state index is -3.59. The van der Waals surface area contributed by atoms with Gasteiger partial charge in [-0.1, -0.05) is 32.0 Å². The fraction of sp³-hybridized carbons (Fsp3) is 0.409. The summed E-state index contributed by atoms with van der Waals surface area (Å²) in [6.07, 6.45) is 0. The van der Waals surface area contributed by atoms with Crippen LogP contribution in [0.5, 0.6) is 0 Å². The van der Waals surface area contributed by atoms with Crippen LogP contribution in [-0.2, 0) is 14.8 Å². The van der Waals surface area contributed by atoms with E-state index >= 15 is 0 Å². The number of nitrogens with zero attached hydrogens (tertiary/aromatic N) is 3. The number of anilines is 1. The van der Waals surface area contributed by atoms with Gasteiger partial charge in [-0.05, 0) is 36.6 Å². The van der Waals surface area contributed by atoms with Crippen LogP contribution in [0.2, 0.25) is 0 Å². The van der Waals surface area contributed by atoms with Crippen molar-refractivity contribution in [2.75, 3.05) is 31.5 Å². The molecule has 1 heterocycles. The number of sulfonamides is 1. The Morgan fingerprint density at radius 1 is 1.03 bits per heavy atom. The van der Waals surface area contributed by atoms with E-state index in [1.165, 1.54) is 22.5 Å². The summed E-state index contributed by atoms with van der Waals surface area (Å²) >= 11 is 0. The maximum atomic E-state index is 13.0. The highest BCUT2D eigenvalue weighted by Gasteiger charge is 2.32. The minimum absolute atomic E-state index is 0.101. The zero-order chi connectivity index (χ0) is 23.5. The average Bonchev–Trinajstić information content (AvgIpc) is 2.78. The molecule has 0 radical (unpaired) electrons. The van der Waals surface area contributed by atoms with Crippen molar-refractivity contribution in [1.82, 2.24) is 9.21 Å². The first-order valence-corrected chi connectivity index (χ1v) is 11.9. The molecule has 1 saturated heterocycles. The zero-order valence-corrected chi connectivity index (χ0v) is 19.2. The van der Waals surface area contributed by atoms with Crippen molar-refractivity contribution in [3.05, 3.63) is 64.2 Å². The van der Waals surface area contributed by atoms with Crippen molar-refractivity contribution in [3.8, 4) is 0 Å². The molecule has 9 nitrogen and oxygen atoms in total. The number of hydrogen-bond acceptors (Lipinski definition) is 6. The van der Waals surface area contributed by atoms with Crippen LogP contribution in [-0.4, -0.2) is 60.7 Å². The topological polar surface area (TPSA) is 113 Å². The first-order valence-electron chi connectivity index (χ1n) is 10.5. The normalized spacial score (nSPS) is 16.6. The maximum Gasteiger partial charge on any atom is 0.271 e. The summed E-state index contributed by atoms with van der Waals surface area (Å²) in [5.74, 6) is 0.0241. The molecule has 0 saturated carbocycles. The Kier molecular flexibility index (Phi) is 7.27. The fourth-order valence-electron chi connectivity index (χ4n) is 3.61. The average molecular weight is 461 g/mol. The lowest BCUT2D eigenvalue weighted by Crippen LogP contribution is -2.53. The van der Waals surface area contributed by atoms with Gasteiger partial charge in [0.1, 0.15) is 0 Å². The Morgan fingerprint density at radius 3 is 2.22 bits per heavy atom. The van der Waals surface area contributed by atoms with Crippen LogP contribution in [0.1, 0.15) is 32.3 Å². The monoisotopic (exact) mass is 460 g/mol. The van der Waals surface area contributed by atoms with Gasteiger partial charge in [0.05, 0.1) is 15.9 Å². The molecule has 1 amide bonds. The summed E-state index contributed by atoms with van der Waals surface area (Å²) in [7, 11) is -3.59. The van der Waals surface area contributed by atoms with Gasteiger partial charge in [0.25, 0.3) is 5.69 Å². The van der Waals surface area contributed by atoms with Crippen molar-refractivity contribution >= 4 is 27.3 Å². The molecule has 0 spiro atoms. The van der Waals surface area contributed by atoms with Crippen LogP contribution in [0, 0.1) is 10.1 Å². The van der Waals surface area contributed by atoms with Gasteiger partial charge < -0.3 is 5.32 Å². The minimum Gasteiger partial charge on any atom is -0.324 e. The van der Waals surface area contributed by atoms with E-state index in [9.17, 15) is 23.3 Å². The van der Waals surface area contributed by atoms with Crippen molar-refractivity contribution in [3.63, 3.8) is 0 Å². The first kappa shape index (κ1) is 23.8. The van der Waals surface area contributed by atoms with Crippen LogP contribution in [0.15, 0.2) is 53.4 Å². The van der Waals surface area contributed by atoms with E-state index < -0.39 is 21.0 Å². The third-order valence-electron chi connectivity index (χ3n) is 5.71. The quantitative estimate of drug-likeness (QED) is 0.502. The van der Waals surface area contributed by atoms with Crippen LogP contribution < -0.4 is 5.32 Å². The molecule has 0 bridgehead atoms. The molecule has 1 atom stereocenters. The number of carbonyl (C=O) groups excluding carboxylic acids is 1. The van der Waals surface area contributed by atoms with Gasteiger partial charge in [-0.15, -0.1) is 0 Å². The molecule has 0 aliphatic carbocycles. The molecule has 1 aliphatic heterocycles. The highest BCUT2D eigenvalue weighted by molar-refractivity contribution is 7.89. The number of nitro groups is 1. The van der Waals surface area contributed by atoms with Gasteiger partial charge >= 0.3 is 0 Å². The van der Waals surface area contributed by atoms with Gasteiger partial charge in [-0.25, -0.2) is 8.42 Å². The van der Waals surface area contributed by atoms with Crippen LogP contribution >= 0.6 is 0 Å². The molecular formula is C22H28N4O5S. The second-order valence-corrected chi connectivity index (χ2v) is 10.1. The van der Waals surface area contributed by atoms with Gasteiger partial charge in [0.15, 0.2) is 0 Å². The molecular weight excluding hydrogens is 432 g/mol. The van der Waals surface area contributed by atoms with Crippen LogP contribution in [0.3, 0.4) is 0 Å². The van der Waals surface area contributed by atoms with E-state index in [0.717, 1.165) is 5.56 Å². The van der Waals surface area contributed by atoms with E-state index in [0.29, 0.717) is 24.7 Å². The molecule has 0 aromatic heterocycles. The van der Waals surface area contributed by atoms with Gasteiger partial charge in [-0.2, -0.15) is 4.31 Å². The van der Waals surface area contributed by atoms with Gasteiger partial charge in [-0.3, -0.25) is 19.8 Å². The highest BCUT2D eigenvalue weighted by Crippen LogP contribution is 2.22. The Labute approximate surface area is 188 Å². The summed E-state index contributed by atoms with van der Waals surface area (Å²) in [5.41, 5.74) is 1.33. The maximum absolute atomic E-state index is 13.0. The van der Waals surface area contributed by atoms with Crippen LogP contribution in [0.25, 0.3) is 0 Å². The highest BCUT2D eigenvalue weighted by atomic mass is 32.2. The predicted molar refractivity (Wildman–Crippen MR) is 122 cm³/mol. The lowest BCUT2D eigenvalue weighted by Gasteiger charge is -2.36. The molecule has 32 heavy (non-hydrogen) atoms. The number of nitrogens with one attached hydrogen (secondary N) is 1. The van der Waals surface area contributed by atoms with E-state index in [1.54, 1.807) is 25.1 Å². The predicted octanol–water partition coefficient (Wildman–Crippen LogP) is 3.05. The molecule has 2 aromatic carbocycles. The fourth-order valence-corrected chi connectivity index (χ4v) is 5.04. The summed E-state index contributed by atoms with van der Waals surface area (Å²) in [5, 5.41) is 13.6. The standard InChI is InChI=1S/C22H28N4O5S/c1-16(2)18-7-9-21(10-8-18)32(30,31)25-13-11-24(12-14-25)17(3)22(27)23-19-5-4-6-20(15-19)26(28)29/h4-10,15-17H,11-14H2,1-3H3,(H,23,27)/t17-/m0/s1. The zero-order valence-electron chi connectivity index (χ0n) is 18.4. The van der Waals surface area contributed by atoms with Gasteiger partial charge in [0.2, 0.25) is 15.9 Å². The number of hydrogen-bond donors (Lipinski definition) is 1. The Balaban J connectivity index is 1.60. The summed E-state index contributed by atoms with van der Waals surface area (Å²) in [6.45, 7) is 7.23. The molecule has 1 N–H and O–H groups in total. The van der Waals surface area contributed by atoms with Crippen molar-refractivity contribution in [1.29, 1.82) is 0 Å². The number of piperazine rings is 1. The van der Waals surface area contributed by atoms with E-state index in [4.69, 9.17) is 0 Å². The Hall–Kier alpha value is -2.82. The molecule has 1 aliphatic rings. The number of carbonyl (C=O) groups is 1. The van der Waals surface area contributed by atoms with Crippen molar-refractivity contribution in [2.45, 2.75) is 37.6 Å². The third-order valence-corrected chi connectivity index (χ3v) is 7.62. The number of non-ortho nitro benzene ring substituents is 1. The molecule has 3 rings (SSSR count). The summed E-state index contributed by atoms with van der Waals surface area (Å²) in [6, 6.07) is 12.2. The molecule has 0 unspecified atom stereocenters. The van der Waals surface area contributed by atoms with Crippen molar-refractivity contribution < 1.29 is 18.1 Å². The SMILES string of the molecule is CC(C)c1ccc(S(=O)(=O)N2CCN([C@@H](C)C(=O)Nc3cccc([N+](=O)[O-])c3)CC2)cc1. The number of benzene rings is 2. The van der Waals surface area contributed by atoms with Gasteiger partial charge in [0, 0.05) is 44.0 Å². The Morgan fingerprint density at radius 2 is 1.66 bits per heavy atom.